The van der Waals surface area contributed by atoms with Crippen molar-refractivity contribution in [2.45, 2.75) is 12.8 Å². The van der Waals surface area contributed by atoms with E-state index in [1.807, 2.05) is 37.4 Å². The van der Waals surface area contributed by atoms with Crippen molar-refractivity contribution in [2.24, 2.45) is 7.05 Å². The van der Waals surface area contributed by atoms with Gasteiger partial charge in [0.15, 0.2) is 0 Å². The van der Waals surface area contributed by atoms with Gasteiger partial charge < -0.3 is 14.5 Å². The third kappa shape index (κ3) is 2.59. The molecule has 2 N–H and O–H groups in total. The Morgan fingerprint density at radius 1 is 0.719 bits per heavy atom. The Morgan fingerprint density at radius 2 is 1.22 bits per heavy atom. The van der Waals surface area contributed by atoms with Crippen LogP contribution in [0.5, 0.6) is 0 Å². The van der Waals surface area contributed by atoms with Crippen molar-refractivity contribution in [3.05, 3.63) is 118 Å². The highest BCUT2D eigenvalue weighted by Gasteiger charge is 2.28. The van der Waals surface area contributed by atoms with Crippen molar-refractivity contribution in [3.8, 4) is 0 Å². The van der Waals surface area contributed by atoms with Crippen LogP contribution in [0.15, 0.2) is 90.0 Å². The van der Waals surface area contributed by atoms with Crippen molar-refractivity contribution in [1.82, 2.24) is 14.5 Å². The standard InChI is InChI=1S/C28H23N3O/c1-17-18-9-5-8-14-25(18)31(2)28(32)26(17)27(21-15-29-23-12-6-3-10-19(21)23)22-16-30-24-13-7-4-11-20(22)24/h3-16,27,29-30H,1-2H3. The van der Waals surface area contributed by atoms with Crippen molar-refractivity contribution in [3.63, 3.8) is 0 Å². The fraction of sp³-hybridized carbons (Fsp3) is 0.107. The maximum atomic E-state index is 13.9. The van der Waals surface area contributed by atoms with E-state index < -0.39 is 0 Å². The molecule has 0 aliphatic rings. The first-order valence-corrected chi connectivity index (χ1v) is 10.9. The Hall–Kier alpha value is -4.05. The number of para-hydroxylation sites is 3. The molecular formula is C28H23N3O. The summed E-state index contributed by atoms with van der Waals surface area (Å²) in [5.74, 6) is -0.203. The fourth-order valence-corrected chi connectivity index (χ4v) is 5.16. The summed E-state index contributed by atoms with van der Waals surface area (Å²) < 4.78 is 1.79. The van der Waals surface area contributed by atoms with Crippen LogP contribution in [-0.4, -0.2) is 14.5 Å². The predicted molar refractivity (Wildman–Crippen MR) is 131 cm³/mol. The maximum absolute atomic E-state index is 13.9. The number of H-pyrrole nitrogens is 2. The second-order valence-electron chi connectivity index (χ2n) is 8.43. The number of hydrogen-bond acceptors (Lipinski definition) is 1. The van der Waals surface area contributed by atoms with Crippen LogP contribution in [0.2, 0.25) is 0 Å². The van der Waals surface area contributed by atoms with Gasteiger partial charge >= 0.3 is 0 Å². The number of nitrogens with one attached hydrogen (secondary N) is 2. The second-order valence-corrected chi connectivity index (χ2v) is 8.43. The molecule has 6 aromatic rings. The minimum absolute atomic E-state index is 0.0433. The average Bonchev–Trinajstić information content (AvgIpc) is 3.45. The van der Waals surface area contributed by atoms with E-state index in [2.05, 4.69) is 71.7 Å². The number of aromatic amines is 2. The lowest BCUT2D eigenvalue weighted by molar-refractivity contribution is 0.847. The number of benzene rings is 3. The molecule has 3 aromatic carbocycles. The predicted octanol–water partition coefficient (Wildman–Crippen LogP) is 5.99. The van der Waals surface area contributed by atoms with Crippen LogP contribution >= 0.6 is 0 Å². The zero-order chi connectivity index (χ0) is 21.8. The normalized spacial score (nSPS) is 11.8. The summed E-state index contributed by atoms with van der Waals surface area (Å²) in [4.78, 5) is 20.7. The van der Waals surface area contributed by atoms with Gasteiger partial charge in [-0.25, -0.2) is 0 Å². The Morgan fingerprint density at radius 3 is 1.81 bits per heavy atom. The lowest BCUT2D eigenvalue weighted by Gasteiger charge is -2.21. The number of aromatic nitrogens is 3. The Labute approximate surface area is 185 Å². The lowest BCUT2D eigenvalue weighted by atomic mass is 9.82. The summed E-state index contributed by atoms with van der Waals surface area (Å²) in [5.41, 5.74) is 7.22. The van der Waals surface area contributed by atoms with Crippen molar-refractivity contribution in [1.29, 1.82) is 0 Å². The van der Waals surface area contributed by atoms with Crippen LogP contribution < -0.4 is 5.56 Å². The average molecular weight is 418 g/mol. The number of fused-ring (bicyclic) bond motifs is 3. The molecular weight excluding hydrogens is 394 g/mol. The van der Waals surface area contributed by atoms with E-state index in [4.69, 9.17) is 0 Å². The molecule has 0 fully saturated rings. The van der Waals surface area contributed by atoms with E-state index in [0.29, 0.717) is 0 Å². The highest BCUT2D eigenvalue weighted by molar-refractivity contribution is 5.90. The number of rotatable bonds is 3. The molecule has 0 unspecified atom stereocenters. The highest BCUT2D eigenvalue weighted by atomic mass is 16.1. The first-order valence-electron chi connectivity index (χ1n) is 10.9. The minimum Gasteiger partial charge on any atom is -0.361 e. The molecule has 4 nitrogen and oxygen atoms in total. The van der Waals surface area contributed by atoms with E-state index in [0.717, 1.165) is 55.0 Å². The number of aryl methyl sites for hydroxylation is 2. The van der Waals surface area contributed by atoms with Crippen molar-refractivity contribution in [2.75, 3.05) is 0 Å². The van der Waals surface area contributed by atoms with Crippen LogP contribution in [0.1, 0.15) is 28.2 Å². The molecule has 0 saturated heterocycles. The van der Waals surface area contributed by atoms with Crippen LogP contribution in [0.25, 0.3) is 32.7 Å². The Balaban J connectivity index is 1.76. The first kappa shape index (κ1) is 18.7. The van der Waals surface area contributed by atoms with Crippen LogP contribution in [0, 0.1) is 6.92 Å². The van der Waals surface area contributed by atoms with Gasteiger partial charge in [-0.15, -0.1) is 0 Å². The molecule has 0 radical (unpaired) electrons. The number of hydrogen-bond donors (Lipinski definition) is 2. The quantitative estimate of drug-likeness (QED) is 0.365. The van der Waals surface area contributed by atoms with E-state index in [1.165, 1.54) is 0 Å². The van der Waals surface area contributed by atoms with Crippen LogP contribution in [0.4, 0.5) is 0 Å². The number of pyridine rings is 1. The van der Waals surface area contributed by atoms with E-state index in [-0.39, 0.29) is 11.5 Å². The Kier molecular flexibility index (Phi) is 4.08. The zero-order valence-electron chi connectivity index (χ0n) is 18.0. The van der Waals surface area contributed by atoms with Gasteiger partial charge in [0.25, 0.3) is 5.56 Å². The molecule has 0 bridgehead atoms. The third-order valence-corrected chi connectivity index (χ3v) is 6.76. The highest BCUT2D eigenvalue weighted by Crippen LogP contribution is 2.40. The summed E-state index contributed by atoms with van der Waals surface area (Å²) in [6.07, 6.45) is 4.12. The molecule has 156 valence electrons. The van der Waals surface area contributed by atoms with Gasteiger partial charge in [0.05, 0.1) is 5.52 Å². The number of nitrogens with zero attached hydrogens (tertiary/aromatic N) is 1. The summed E-state index contributed by atoms with van der Waals surface area (Å²) in [7, 11) is 1.87. The molecule has 4 heteroatoms. The summed E-state index contributed by atoms with van der Waals surface area (Å²) >= 11 is 0. The van der Waals surface area contributed by atoms with Gasteiger partial charge in [0.2, 0.25) is 0 Å². The summed E-state index contributed by atoms with van der Waals surface area (Å²) in [6, 6.07) is 24.7. The largest absolute Gasteiger partial charge is 0.361 e. The first-order chi connectivity index (χ1) is 15.6. The summed E-state index contributed by atoms with van der Waals surface area (Å²) in [5, 5.41) is 3.38. The maximum Gasteiger partial charge on any atom is 0.255 e. The minimum atomic E-state index is -0.203. The molecule has 0 amide bonds. The van der Waals surface area contributed by atoms with Gasteiger partial charge in [-0.05, 0) is 41.8 Å². The molecule has 0 aliphatic heterocycles. The van der Waals surface area contributed by atoms with Gasteiger partial charge in [-0.2, -0.15) is 0 Å². The van der Waals surface area contributed by atoms with Crippen LogP contribution in [-0.2, 0) is 7.05 Å². The monoisotopic (exact) mass is 417 g/mol. The van der Waals surface area contributed by atoms with Gasteiger partial charge in [0.1, 0.15) is 0 Å². The van der Waals surface area contributed by atoms with E-state index >= 15 is 0 Å². The molecule has 0 saturated carbocycles. The lowest BCUT2D eigenvalue weighted by Crippen LogP contribution is -2.26. The van der Waals surface area contributed by atoms with E-state index in [1.54, 1.807) is 4.57 Å². The van der Waals surface area contributed by atoms with Crippen molar-refractivity contribution < 1.29 is 0 Å². The molecule has 0 aliphatic carbocycles. The smallest absolute Gasteiger partial charge is 0.255 e. The molecule has 3 aromatic heterocycles. The molecule has 0 atom stereocenters. The Bertz CT molecular complexity index is 1610. The van der Waals surface area contributed by atoms with Crippen molar-refractivity contribution >= 4 is 32.7 Å². The molecule has 0 spiro atoms. The third-order valence-electron chi connectivity index (χ3n) is 6.76. The molecule has 6 rings (SSSR count). The molecule has 3 heterocycles. The summed E-state index contributed by atoms with van der Waals surface area (Å²) in [6.45, 7) is 2.08. The molecule has 32 heavy (non-hydrogen) atoms. The zero-order valence-corrected chi connectivity index (χ0v) is 18.0. The van der Waals surface area contributed by atoms with E-state index in [9.17, 15) is 4.79 Å². The van der Waals surface area contributed by atoms with Gasteiger partial charge in [-0.1, -0.05) is 54.6 Å². The second kappa shape index (κ2) is 6.99. The van der Waals surface area contributed by atoms with Gasteiger partial charge in [-0.3, -0.25) is 4.79 Å². The fourth-order valence-electron chi connectivity index (χ4n) is 5.16. The van der Waals surface area contributed by atoms with Crippen LogP contribution in [0.3, 0.4) is 0 Å². The topological polar surface area (TPSA) is 53.6 Å². The van der Waals surface area contributed by atoms with Gasteiger partial charge in [0, 0.05) is 58.1 Å². The SMILES string of the molecule is Cc1c(C(c2c[nH]c3ccccc23)c2c[nH]c3ccccc23)c(=O)n(C)c2ccccc12.